The minimum Gasteiger partial charge on any atom is -0.336 e. The highest BCUT2D eigenvalue weighted by atomic mass is 32.2. The van der Waals surface area contributed by atoms with Gasteiger partial charge in [-0.05, 0) is 29.9 Å². The molecule has 0 aliphatic carbocycles. The highest BCUT2D eigenvalue weighted by Crippen LogP contribution is 2.28. The standard InChI is InChI=1S/C16H22N2O2S2/c1-3-11(2)15(19)18-10-21-9-13(18)16(20)17-6-4-14-12(8-17)5-7-22-14/h5,7,11,13H,3-4,6,8-10H2,1-2H3/t11-,13-/m0/s1. The van der Waals surface area contributed by atoms with Gasteiger partial charge in [0, 0.05) is 29.6 Å². The van der Waals surface area contributed by atoms with E-state index in [-0.39, 0.29) is 23.8 Å². The van der Waals surface area contributed by atoms with Crippen LogP contribution in [0.5, 0.6) is 0 Å². The number of thioether (sulfide) groups is 1. The average molecular weight is 338 g/mol. The zero-order chi connectivity index (χ0) is 15.7. The van der Waals surface area contributed by atoms with Crippen molar-refractivity contribution in [3.05, 3.63) is 21.9 Å². The molecule has 4 nitrogen and oxygen atoms in total. The molecule has 2 aliphatic rings. The number of carbonyl (C=O) groups is 2. The van der Waals surface area contributed by atoms with Gasteiger partial charge in [-0.3, -0.25) is 9.59 Å². The van der Waals surface area contributed by atoms with Crippen LogP contribution < -0.4 is 0 Å². The molecule has 2 atom stereocenters. The minimum absolute atomic E-state index is 0.00108. The number of hydrogen-bond acceptors (Lipinski definition) is 4. The van der Waals surface area contributed by atoms with Crippen molar-refractivity contribution in [3.63, 3.8) is 0 Å². The predicted molar refractivity (Wildman–Crippen MR) is 90.9 cm³/mol. The number of thiophene rings is 1. The molecule has 22 heavy (non-hydrogen) atoms. The molecule has 0 saturated carbocycles. The Labute approximate surface area is 139 Å². The lowest BCUT2D eigenvalue weighted by Gasteiger charge is -2.33. The van der Waals surface area contributed by atoms with Crippen molar-refractivity contribution in [3.8, 4) is 0 Å². The van der Waals surface area contributed by atoms with E-state index >= 15 is 0 Å². The Morgan fingerprint density at radius 2 is 2.27 bits per heavy atom. The highest BCUT2D eigenvalue weighted by Gasteiger charge is 2.38. The molecule has 0 bridgehead atoms. The zero-order valence-corrected chi connectivity index (χ0v) is 14.7. The summed E-state index contributed by atoms with van der Waals surface area (Å²) in [4.78, 5) is 30.5. The Balaban J connectivity index is 1.70. The number of rotatable bonds is 3. The lowest BCUT2D eigenvalue weighted by Crippen LogP contribution is -2.51. The summed E-state index contributed by atoms with van der Waals surface area (Å²) in [5.74, 6) is 1.63. The van der Waals surface area contributed by atoms with Gasteiger partial charge < -0.3 is 9.80 Å². The van der Waals surface area contributed by atoms with Crippen LogP contribution in [0.4, 0.5) is 0 Å². The lowest BCUT2D eigenvalue weighted by atomic mass is 10.1. The smallest absolute Gasteiger partial charge is 0.246 e. The average Bonchev–Trinajstić information content (AvgIpc) is 3.20. The van der Waals surface area contributed by atoms with Crippen molar-refractivity contribution >= 4 is 34.9 Å². The van der Waals surface area contributed by atoms with E-state index in [9.17, 15) is 9.59 Å². The Morgan fingerprint density at radius 3 is 3.05 bits per heavy atom. The van der Waals surface area contributed by atoms with Crippen LogP contribution in [-0.2, 0) is 22.6 Å². The van der Waals surface area contributed by atoms with Crippen molar-refractivity contribution in [2.45, 2.75) is 39.3 Å². The number of nitrogens with zero attached hydrogens (tertiary/aromatic N) is 2. The second-order valence-electron chi connectivity index (χ2n) is 6.01. The molecular formula is C16H22N2O2S2. The maximum absolute atomic E-state index is 12.9. The van der Waals surface area contributed by atoms with Crippen molar-refractivity contribution < 1.29 is 9.59 Å². The van der Waals surface area contributed by atoms with E-state index < -0.39 is 0 Å². The molecule has 1 aromatic heterocycles. The lowest BCUT2D eigenvalue weighted by molar-refractivity contribution is -0.145. The third-order valence-electron chi connectivity index (χ3n) is 4.60. The molecule has 1 saturated heterocycles. The van der Waals surface area contributed by atoms with Crippen LogP contribution in [0.2, 0.25) is 0 Å². The predicted octanol–water partition coefficient (Wildman–Crippen LogP) is 2.58. The van der Waals surface area contributed by atoms with E-state index in [4.69, 9.17) is 0 Å². The number of amides is 2. The first-order valence-corrected chi connectivity index (χ1v) is 9.87. The number of fused-ring (bicyclic) bond motifs is 1. The molecule has 120 valence electrons. The molecule has 1 fully saturated rings. The Kier molecular flexibility index (Phi) is 4.78. The summed E-state index contributed by atoms with van der Waals surface area (Å²) in [6.07, 6.45) is 1.76. The first-order valence-electron chi connectivity index (χ1n) is 7.84. The summed E-state index contributed by atoms with van der Waals surface area (Å²) in [6.45, 7) is 5.44. The first-order chi connectivity index (χ1) is 10.6. The summed E-state index contributed by atoms with van der Waals surface area (Å²) in [5, 5.41) is 2.10. The maximum Gasteiger partial charge on any atom is 0.246 e. The molecule has 3 rings (SSSR count). The second kappa shape index (κ2) is 6.62. The van der Waals surface area contributed by atoms with Gasteiger partial charge in [0.1, 0.15) is 6.04 Å². The summed E-state index contributed by atoms with van der Waals surface area (Å²) in [7, 11) is 0. The third-order valence-corrected chi connectivity index (χ3v) is 6.64. The Morgan fingerprint density at radius 1 is 1.45 bits per heavy atom. The van der Waals surface area contributed by atoms with Crippen LogP contribution in [0, 0.1) is 5.92 Å². The van der Waals surface area contributed by atoms with Gasteiger partial charge in [0.25, 0.3) is 0 Å². The summed E-state index contributed by atoms with van der Waals surface area (Å²) in [6, 6.07) is 1.84. The molecule has 0 spiro atoms. The van der Waals surface area contributed by atoms with Gasteiger partial charge in [-0.1, -0.05) is 13.8 Å². The van der Waals surface area contributed by atoms with E-state index in [0.29, 0.717) is 12.4 Å². The summed E-state index contributed by atoms with van der Waals surface area (Å²) < 4.78 is 0. The number of carbonyl (C=O) groups excluding carboxylic acids is 2. The van der Waals surface area contributed by atoms with Gasteiger partial charge >= 0.3 is 0 Å². The molecule has 0 unspecified atom stereocenters. The van der Waals surface area contributed by atoms with E-state index in [0.717, 1.165) is 25.1 Å². The molecule has 1 aromatic rings. The van der Waals surface area contributed by atoms with Gasteiger partial charge in [0.15, 0.2) is 0 Å². The minimum atomic E-state index is -0.272. The molecule has 0 aromatic carbocycles. The van der Waals surface area contributed by atoms with Crippen LogP contribution in [0.3, 0.4) is 0 Å². The number of hydrogen-bond donors (Lipinski definition) is 0. The van der Waals surface area contributed by atoms with Crippen LogP contribution in [0.15, 0.2) is 11.4 Å². The van der Waals surface area contributed by atoms with Gasteiger partial charge in [0.05, 0.1) is 5.88 Å². The quantitative estimate of drug-likeness (QED) is 0.850. The van der Waals surface area contributed by atoms with Crippen LogP contribution in [0.25, 0.3) is 0 Å². The molecule has 3 heterocycles. The normalized spacial score (nSPS) is 22.5. The van der Waals surface area contributed by atoms with E-state index in [1.807, 2.05) is 18.7 Å². The molecule has 0 N–H and O–H groups in total. The fourth-order valence-electron chi connectivity index (χ4n) is 2.97. The Bertz CT molecular complexity index is 572. The molecule has 6 heteroatoms. The van der Waals surface area contributed by atoms with Crippen LogP contribution in [-0.4, -0.2) is 45.8 Å². The topological polar surface area (TPSA) is 40.6 Å². The zero-order valence-electron chi connectivity index (χ0n) is 13.1. The van der Waals surface area contributed by atoms with Gasteiger partial charge in [-0.15, -0.1) is 23.1 Å². The van der Waals surface area contributed by atoms with E-state index in [2.05, 4.69) is 11.4 Å². The van der Waals surface area contributed by atoms with E-state index in [1.54, 1.807) is 28.0 Å². The van der Waals surface area contributed by atoms with E-state index in [1.165, 1.54) is 10.4 Å². The van der Waals surface area contributed by atoms with Crippen LogP contribution >= 0.6 is 23.1 Å². The largest absolute Gasteiger partial charge is 0.336 e. The SMILES string of the molecule is CC[C@H](C)C(=O)N1CSC[C@H]1C(=O)N1CCc2sccc2C1. The molecule has 2 aliphatic heterocycles. The van der Waals surface area contributed by atoms with Crippen LogP contribution in [0.1, 0.15) is 30.7 Å². The fraction of sp³-hybridized carbons (Fsp3) is 0.625. The Hall–Kier alpha value is -1.01. The second-order valence-corrected chi connectivity index (χ2v) is 8.01. The molecule has 0 radical (unpaired) electrons. The van der Waals surface area contributed by atoms with Crippen molar-refractivity contribution in [2.75, 3.05) is 18.2 Å². The van der Waals surface area contributed by atoms with Crippen molar-refractivity contribution in [2.24, 2.45) is 5.92 Å². The van der Waals surface area contributed by atoms with Crippen molar-refractivity contribution in [1.82, 2.24) is 9.80 Å². The van der Waals surface area contributed by atoms with Gasteiger partial charge in [-0.25, -0.2) is 0 Å². The molecular weight excluding hydrogens is 316 g/mol. The summed E-state index contributed by atoms with van der Waals surface area (Å²) >= 11 is 3.46. The fourth-order valence-corrected chi connectivity index (χ4v) is 5.01. The third kappa shape index (κ3) is 2.91. The van der Waals surface area contributed by atoms with Gasteiger partial charge in [0.2, 0.25) is 11.8 Å². The summed E-state index contributed by atoms with van der Waals surface area (Å²) in [5.41, 5.74) is 1.27. The van der Waals surface area contributed by atoms with Gasteiger partial charge in [-0.2, -0.15) is 0 Å². The monoisotopic (exact) mass is 338 g/mol. The maximum atomic E-state index is 12.9. The highest BCUT2D eigenvalue weighted by molar-refractivity contribution is 7.99. The van der Waals surface area contributed by atoms with Crippen molar-refractivity contribution in [1.29, 1.82) is 0 Å². The first kappa shape index (κ1) is 15.9. The molecule has 2 amide bonds.